The van der Waals surface area contributed by atoms with Gasteiger partial charge >= 0.3 is 6.01 Å². The lowest BCUT2D eigenvalue weighted by Crippen LogP contribution is -2.20. The lowest BCUT2D eigenvalue weighted by atomic mass is 10.2. The van der Waals surface area contributed by atoms with E-state index in [4.69, 9.17) is 15.7 Å². The van der Waals surface area contributed by atoms with Crippen molar-refractivity contribution in [2.45, 2.75) is 39.2 Å². The summed E-state index contributed by atoms with van der Waals surface area (Å²) in [6, 6.07) is 0.376. The van der Waals surface area contributed by atoms with Crippen LogP contribution in [0, 0.1) is 0 Å². The van der Waals surface area contributed by atoms with E-state index in [0.717, 1.165) is 19.3 Å². The summed E-state index contributed by atoms with van der Waals surface area (Å²) in [5.74, 6) is 5.96. The zero-order chi connectivity index (χ0) is 14.1. The molecular formula is C11H22N6O2. The molecule has 0 radical (unpaired) electrons. The number of aliphatic hydroxyl groups is 1. The standard InChI is InChI=1S/C11H22N6O2/c1-3-7-19-11-15-9(14-10(16-11)17-12)13-8(2)5-4-6-18/h8,18H,3-7,12H2,1-2H3,(H2,13,14,15,16,17). The van der Waals surface area contributed by atoms with Crippen LogP contribution in [0.2, 0.25) is 0 Å². The summed E-state index contributed by atoms with van der Waals surface area (Å²) < 4.78 is 5.36. The molecule has 0 amide bonds. The van der Waals surface area contributed by atoms with E-state index >= 15 is 0 Å². The second-order valence-corrected chi connectivity index (χ2v) is 4.17. The highest BCUT2D eigenvalue weighted by molar-refractivity contribution is 5.35. The van der Waals surface area contributed by atoms with Crippen molar-refractivity contribution in [3.8, 4) is 6.01 Å². The molecule has 1 atom stereocenters. The number of aliphatic hydroxyl groups excluding tert-OH is 1. The van der Waals surface area contributed by atoms with Crippen molar-refractivity contribution < 1.29 is 9.84 Å². The molecule has 0 saturated carbocycles. The minimum absolute atomic E-state index is 0.138. The van der Waals surface area contributed by atoms with Crippen LogP contribution in [0.5, 0.6) is 6.01 Å². The Kier molecular flexibility index (Phi) is 6.83. The summed E-state index contributed by atoms with van der Waals surface area (Å²) in [5.41, 5.74) is 2.38. The van der Waals surface area contributed by atoms with E-state index < -0.39 is 0 Å². The van der Waals surface area contributed by atoms with Crippen molar-refractivity contribution in [1.29, 1.82) is 0 Å². The van der Waals surface area contributed by atoms with Gasteiger partial charge in [0.1, 0.15) is 0 Å². The van der Waals surface area contributed by atoms with E-state index in [9.17, 15) is 0 Å². The molecule has 0 fully saturated rings. The first-order valence-electron chi connectivity index (χ1n) is 6.42. The summed E-state index contributed by atoms with van der Waals surface area (Å²) in [4.78, 5) is 12.2. The van der Waals surface area contributed by atoms with E-state index in [1.54, 1.807) is 0 Å². The van der Waals surface area contributed by atoms with Gasteiger partial charge in [0, 0.05) is 12.6 Å². The number of nitrogens with zero attached hydrogens (tertiary/aromatic N) is 3. The molecule has 0 spiro atoms. The van der Waals surface area contributed by atoms with Gasteiger partial charge in [0.25, 0.3) is 0 Å². The Morgan fingerprint density at radius 2 is 2.05 bits per heavy atom. The molecule has 8 heteroatoms. The highest BCUT2D eigenvalue weighted by atomic mass is 16.5. The molecule has 0 aromatic carbocycles. The maximum atomic E-state index is 8.79. The van der Waals surface area contributed by atoms with E-state index in [2.05, 4.69) is 25.7 Å². The fourth-order valence-electron chi connectivity index (χ4n) is 1.43. The van der Waals surface area contributed by atoms with E-state index in [-0.39, 0.29) is 24.6 Å². The van der Waals surface area contributed by atoms with Crippen molar-refractivity contribution in [3.63, 3.8) is 0 Å². The predicted octanol–water partition coefficient (Wildman–Crippen LogP) is 0.519. The second-order valence-electron chi connectivity index (χ2n) is 4.17. The summed E-state index contributed by atoms with van der Waals surface area (Å²) >= 11 is 0. The number of anilines is 2. The highest BCUT2D eigenvalue weighted by Gasteiger charge is 2.09. The maximum absolute atomic E-state index is 8.79. The van der Waals surface area contributed by atoms with Crippen molar-refractivity contribution in [1.82, 2.24) is 15.0 Å². The quantitative estimate of drug-likeness (QED) is 0.379. The monoisotopic (exact) mass is 270 g/mol. The molecule has 1 heterocycles. The average Bonchev–Trinajstić information content (AvgIpc) is 2.42. The predicted molar refractivity (Wildman–Crippen MR) is 72.8 cm³/mol. The van der Waals surface area contributed by atoms with Gasteiger partial charge in [-0.2, -0.15) is 15.0 Å². The second kappa shape index (κ2) is 8.44. The largest absolute Gasteiger partial charge is 0.463 e. The third-order valence-corrected chi connectivity index (χ3v) is 2.35. The molecule has 0 bridgehead atoms. The third kappa shape index (κ3) is 5.66. The van der Waals surface area contributed by atoms with E-state index in [0.29, 0.717) is 12.6 Å². The third-order valence-electron chi connectivity index (χ3n) is 2.35. The molecule has 0 aliphatic heterocycles. The zero-order valence-corrected chi connectivity index (χ0v) is 11.4. The van der Waals surface area contributed by atoms with Crippen LogP contribution in [0.15, 0.2) is 0 Å². The highest BCUT2D eigenvalue weighted by Crippen LogP contribution is 2.12. The first-order valence-corrected chi connectivity index (χ1v) is 6.42. The number of hydrogen-bond acceptors (Lipinski definition) is 8. The number of hydrazine groups is 1. The van der Waals surface area contributed by atoms with Gasteiger partial charge in [0.15, 0.2) is 0 Å². The van der Waals surface area contributed by atoms with Crippen LogP contribution in [0.3, 0.4) is 0 Å². The summed E-state index contributed by atoms with van der Waals surface area (Å²) in [5, 5.41) is 11.9. The Labute approximate surface area is 112 Å². The van der Waals surface area contributed by atoms with Gasteiger partial charge < -0.3 is 15.2 Å². The first-order chi connectivity index (χ1) is 9.19. The van der Waals surface area contributed by atoms with Crippen molar-refractivity contribution in [3.05, 3.63) is 0 Å². The SMILES string of the molecule is CCCOc1nc(NN)nc(NC(C)CCCO)n1. The van der Waals surface area contributed by atoms with Gasteiger partial charge in [-0.25, -0.2) is 5.84 Å². The fraction of sp³-hybridized carbons (Fsp3) is 0.727. The van der Waals surface area contributed by atoms with Crippen LogP contribution in [-0.2, 0) is 0 Å². The van der Waals surface area contributed by atoms with Crippen LogP contribution in [0.25, 0.3) is 0 Å². The number of nitrogens with one attached hydrogen (secondary N) is 2. The first kappa shape index (κ1) is 15.4. The Bertz CT molecular complexity index is 376. The Balaban J connectivity index is 2.69. The summed E-state index contributed by atoms with van der Waals surface area (Å²) in [7, 11) is 0. The molecule has 19 heavy (non-hydrogen) atoms. The number of rotatable bonds is 9. The topological polar surface area (TPSA) is 118 Å². The molecule has 0 saturated heterocycles. The molecule has 1 aromatic rings. The molecule has 8 nitrogen and oxygen atoms in total. The number of aromatic nitrogens is 3. The van der Waals surface area contributed by atoms with Crippen molar-refractivity contribution >= 4 is 11.9 Å². The van der Waals surface area contributed by atoms with Gasteiger partial charge in [-0.3, -0.25) is 5.43 Å². The van der Waals surface area contributed by atoms with Gasteiger partial charge in [0.2, 0.25) is 11.9 Å². The Hall–Kier alpha value is -1.67. The lowest BCUT2D eigenvalue weighted by Gasteiger charge is -2.14. The fourth-order valence-corrected chi connectivity index (χ4v) is 1.43. The molecule has 1 rings (SSSR count). The number of nitrogens with two attached hydrogens (primary N) is 1. The maximum Gasteiger partial charge on any atom is 0.323 e. The molecule has 1 aromatic heterocycles. The molecule has 0 aliphatic rings. The van der Waals surface area contributed by atoms with Crippen LogP contribution in [0.4, 0.5) is 11.9 Å². The summed E-state index contributed by atoms with van der Waals surface area (Å²) in [6.45, 7) is 4.69. The van der Waals surface area contributed by atoms with E-state index in [1.807, 2.05) is 13.8 Å². The van der Waals surface area contributed by atoms with Gasteiger partial charge in [-0.05, 0) is 26.2 Å². The smallest absolute Gasteiger partial charge is 0.323 e. The zero-order valence-electron chi connectivity index (χ0n) is 11.4. The Morgan fingerprint density at radius 1 is 1.32 bits per heavy atom. The molecular weight excluding hydrogens is 248 g/mol. The molecule has 1 unspecified atom stereocenters. The van der Waals surface area contributed by atoms with Gasteiger partial charge in [-0.1, -0.05) is 6.92 Å². The normalized spacial score (nSPS) is 12.0. The average molecular weight is 270 g/mol. The van der Waals surface area contributed by atoms with Crippen molar-refractivity contribution in [2.24, 2.45) is 5.84 Å². The van der Waals surface area contributed by atoms with Crippen LogP contribution in [0.1, 0.15) is 33.1 Å². The van der Waals surface area contributed by atoms with Gasteiger partial charge in [0.05, 0.1) is 6.61 Å². The lowest BCUT2D eigenvalue weighted by molar-refractivity contribution is 0.281. The number of hydrogen-bond donors (Lipinski definition) is 4. The van der Waals surface area contributed by atoms with Crippen LogP contribution >= 0.6 is 0 Å². The minimum atomic E-state index is 0.138. The van der Waals surface area contributed by atoms with Crippen LogP contribution in [-0.4, -0.2) is 39.3 Å². The Morgan fingerprint density at radius 3 is 2.68 bits per heavy atom. The minimum Gasteiger partial charge on any atom is -0.463 e. The summed E-state index contributed by atoms with van der Waals surface area (Å²) in [6.07, 6.45) is 2.41. The molecule has 108 valence electrons. The number of nitrogen functional groups attached to an aromatic ring is 1. The number of ether oxygens (including phenoxy) is 1. The van der Waals surface area contributed by atoms with Gasteiger partial charge in [-0.15, -0.1) is 0 Å². The molecule has 5 N–H and O–H groups in total. The van der Waals surface area contributed by atoms with Crippen molar-refractivity contribution in [2.75, 3.05) is 24.0 Å². The van der Waals surface area contributed by atoms with E-state index in [1.165, 1.54) is 0 Å². The van der Waals surface area contributed by atoms with Crippen LogP contribution < -0.4 is 21.3 Å². The molecule has 0 aliphatic carbocycles.